The molecule has 4 heteroatoms. The van der Waals surface area contributed by atoms with E-state index in [1.165, 1.54) is 63.4 Å². The summed E-state index contributed by atoms with van der Waals surface area (Å²) in [6, 6.07) is 11.8. The first-order valence-corrected chi connectivity index (χ1v) is 12.1. The number of benzene rings is 1. The maximum atomic E-state index is 6.18. The molecule has 0 aliphatic heterocycles. The fourth-order valence-corrected chi connectivity index (χ4v) is 8.17. The summed E-state index contributed by atoms with van der Waals surface area (Å²) >= 11 is 6.18. The van der Waals surface area contributed by atoms with Crippen molar-refractivity contribution in [3.8, 4) is 0 Å². The van der Waals surface area contributed by atoms with Gasteiger partial charge in [-0.15, -0.1) is 0 Å². The second-order valence-electron chi connectivity index (χ2n) is 10.6. The predicted molar refractivity (Wildman–Crippen MR) is 122 cm³/mol. The van der Waals surface area contributed by atoms with Crippen LogP contribution in [0.15, 0.2) is 30.3 Å². The van der Waals surface area contributed by atoms with E-state index in [9.17, 15) is 0 Å². The topological polar surface area (TPSA) is 47.3 Å². The van der Waals surface area contributed by atoms with E-state index in [0.29, 0.717) is 29.9 Å². The van der Waals surface area contributed by atoms with Crippen molar-refractivity contribution in [1.82, 2.24) is 5.32 Å². The monoisotopic (exact) mass is 412 g/mol. The maximum absolute atomic E-state index is 6.18. The van der Waals surface area contributed by atoms with Gasteiger partial charge in [-0.1, -0.05) is 42.5 Å². The summed E-state index contributed by atoms with van der Waals surface area (Å²) in [5, 5.41) is 3.87. The lowest BCUT2D eigenvalue weighted by molar-refractivity contribution is -0.138. The quantitative estimate of drug-likeness (QED) is 0.695. The van der Waals surface area contributed by atoms with Crippen molar-refractivity contribution in [3.05, 3.63) is 35.9 Å². The molecule has 0 spiro atoms. The lowest BCUT2D eigenvalue weighted by Gasteiger charge is -2.64. The van der Waals surface area contributed by atoms with Crippen LogP contribution in [0.5, 0.6) is 0 Å². The Bertz CT molecular complexity index is 726. The third-order valence-corrected chi connectivity index (χ3v) is 9.42. The molecule has 2 unspecified atom stereocenters. The molecule has 0 amide bonds. The summed E-state index contributed by atoms with van der Waals surface area (Å²) in [4.78, 5) is 1.16. The molecule has 5 fully saturated rings. The van der Waals surface area contributed by atoms with E-state index in [1.54, 1.807) is 0 Å². The Labute approximate surface area is 181 Å². The van der Waals surface area contributed by atoms with Gasteiger partial charge in [0.15, 0.2) is 0 Å². The molecule has 0 heterocycles. The zero-order valence-electron chi connectivity index (χ0n) is 17.7. The van der Waals surface area contributed by atoms with Gasteiger partial charge in [-0.05, 0) is 93.1 Å². The van der Waals surface area contributed by atoms with Gasteiger partial charge in [-0.2, -0.15) is 0 Å². The molecule has 1 aromatic rings. The van der Waals surface area contributed by atoms with Gasteiger partial charge < -0.3 is 15.8 Å². The second-order valence-corrected chi connectivity index (χ2v) is 11.0. The van der Waals surface area contributed by atoms with Crippen molar-refractivity contribution in [1.29, 1.82) is 0 Å². The fraction of sp³-hybridized carbons (Fsp3) is 0.720. The number of nitrogens with two attached hydrogens (primary N) is 1. The second kappa shape index (κ2) is 7.62. The van der Waals surface area contributed by atoms with Gasteiger partial charge in [0, 0.05) is 18.6 Å². The average Bonchev–Trinajstić information content (AvgIpc) is 2.74. The first kappa shape index (κ1) is 20.0. The van der Waals surface area contributed by atoms with Crippen molar-refractivity contribution in [2.45, 2.75) is 75.3 Å². The smallest absolute Gasteiger partial charge is 0.0818 e. The minimum Gasteiger partial charge on any atom is -0.381 e. The van der Waals surface area contributed by atoms with Gasteiger partial charge in [-0.3, -0.25) is 0 Å². The number of rotatable bonds is 5. The average molecular weight is 413 g/mol. The molecule has 5 aliphatic carbocycles. The van der Waals surface area contributed by atoms with Crippen LogP contribution in [-0.4, -0.2) is 30.8 Å². The van der Waals surface area contributed by atoms with Gasteiger partial charge in [-0.25, -0.2) is 0 Å². The highest BCUT2D eigenvalue weighted by Gasteiger charge is 2.63. The van der Waals surface area contributed by atoms with E-state index < -0.39 is 0 Å². The Morgan fingerprint density at radius 1 is 1.07 bits per heavy atom. The Morgan fingerprint density at radius 2 is 1.72 bits per heavy atom. The van der Waals surface area contributed by atoms with Crippen LogP contribution in [0.25, 0.3) is 0 Å². The zero-order valence-corrected chi connectivity index (χ0v) is 18.6. The molecule has 6 rings (SSSR count). The molecule has 29 heavy (non-hydrogen) atoms. The summed E-state index contributed by atoms with van der Waals surface area (Å²) in [6.45, 7) is 0.836. The van der Waals surface area contributed by atoms with Crippen LogP contribution in [0.2, 0.25) is 0 Å². The van der Waals surface area contributed by atoms with Crippen molar-refractivity contribution in [3.63, 3.8) is 0 Å². The van der Waals surface area contributed by atoms with Crippen LogP contribution < -0.4 is 11.1 Å². The maximum Gasteiger partial charge on any atom is 0.0818 e. The van der Waals surface area contributed by atoms with Gasteiger partial charge >= 0.3 is 0 Å². The van der Waals surface area contributed by atoms with Gasteiger partial charge in [0.2, 0.25) is 0 Å². The van der Waals surface area contributed by atoms with Gasteiger partial charge in [0.1, 0.15) is 0 Å². The van der Waals surface area contributed by atoms with Crippen molar-refractivity contribution < 1.29 is 4.74 Å². The molecule has 158 valence electrons. The molecule has 0 saturated heterocycles. The minimum absolute atomic E-state index is 0.163. The number of nitrogens with one attached hydrogen (secondary N) is 1. The van der Waals surface area contributed by atoms with Crippen molar-refractivity contribution in [2.24, 2.45) is 28.9 Å². The Kier molecular flexibility index (Phi) is 5.24. The lowest BCUT2D eigenvalue weighted by Crippen LogP contribution is -2.64. The van der Waals surface area contributed by atoms with Gasteiger partial charge in [0.05, 0.1) is 11.1 Å². The Morgan fingerprint density at radius 3 is 2.31 bits per heavy atom. The fourth-order valence-electron chi connectivity index (χ4n) is 7.77. The number of thiocarbonyl (C=S) groups is 1. The molecule has 2 atom stereocenters. The summed E-state index contributed by atoms with van der Waals surface area (Å²) in [5.74, 6) is 1.98. The molecular formula is C25H36N2OS. The number of hydrogen-bond acceptors (Lipinski definition) is 3. The molecule has 0 radical (unpaired) electrons. The molecule has 3 N–H and O–H groups in total. The van der Waals surface area contributed by atoms with Crippen LogP contribution in [-0.2, 0) is 10.2 Å². The van der Waals surface area contributed by atoms with Crippen LogP contribution in [0, 0.1) is 23.2 Å². The van der Waals surface area contributed by atoms with E-state index in [0.717, 1.165) is 11.5 Å². The highest BCUT2D eigenvalue weighted by molar-refractivity contribution is 7.80. The van der Waals surface area contributed by atoms with Crippen LogP contribution >= 0.6 is 12.2 Å². The van der Waals surface area contributed by atoms with Crippen LogP contribution in [0.4, 0.5) is 0 Å². The summed E-state index contributed by atoms with van der Waals surface area (Å²) in [7, 11) is 1.92. The highest BCUT2D eigenvalue weighted by atomic mass is 32.1. The first-order valence-electron chi connectivity index (χ1n) is 11.7. The van der Waals surface area contributed by atoms with Crippen molar-refractivity contribution >= 4 is 17.2 Å². The molecule has 5 saturated carbocycles. The summed E-state index contributed by atoms with van der Waals surface area (Å²) in [6.07, 6.45) is 11.5. The Hall–Kier alpha value is -0.970. The highest BCUT2D eigenvalue weighted by Crippen LogP contribution is 2.66. The normalized spacial score (nSPS) is 43.3. The molecule has 5 aliphatic rings. The zero-order chi connectivity index (χ0) is 20.1. The van der Waals surface area contributed by atoms with Crippen molar-refractivity contribution in [2.75, 3.05) is 13.7 Å². The molecule has 0 aromatic heterocycles. The molecule has 1 aromatic carbocycles. The van der Waals surface area contributed by atoms with E-state index in [-0.39, 0.29) is 10.8 Å². The van der Waals surface area contributed by atoms with E-state index in [1.807, 2.05) is 7.11 Å². The van der Waals surface area contributed by atoms with E-state index >= 15 is 0 Å². The molecular weight excluding hydrogens is 376 g/mol. The lowest BCUT2D eigenvalue weighted by atomic mass is 9.42. The third-order valence-electron chi connectivity index (χ3n) is 8.87. The van der Waals surface area contributed by atoms with E-state index in [4.69, 9.17) is 22.7 Å². The SMILES string of the molecule is COC1C2CC3(C(=S)N[C@H]4CC[C@H](CN)CC4)CC1CC(c1ccccc1)(C2)C3. The number of ether oxygens (including phenoxy) is 1. The Balaban J connectivity index is 1.39. The molecule has 3 nitrogen and oxygen atoms in total. The summed E-state index contributed by atoms with van der Waals surface area (Å²) < 4.78 is 6.03. The number of hydrogen-bond donors (Lipinski definition) is 2. The molecule has 4 bridgehead atoms. The third kappa shape index (κ3) is 3.36. The number of methoxy groups -OCH3 is 1. The largest absolute Gasteiger partial charge is 0.381 e. The first-order chi connectivity index (χ1) is 14.1. The van der Waals surface area contributed by atoms with E-state index in [2.05, 4.69) is 35.6 Å². The minimum atomic E-state index is 0.163. The van der Waals surface area contributed by atoms with Crippen LogP contribution in [0.1, 0.15) is 63.4 Å². The predicted octanol–water partition coefficient (Wildman–Crippen LogP) is 4.58. The summed E-state index contributed by atoms with van der Waals surface area (Å²) in [5.41, 5.74) is 7.86. The van der Waals surface area contributed by atoms with Gasteiger partial charge in [0.25, 0.3) is 0 Å². The van der Waals surface area contributed by atoms with Crippen LogP contribution in [0.3, 0.4) is 0 Å². The standard InChI is InChI=1S/C25H36N2OS/c1-28-22-18-11-24(20-5-3-2-4-6-20)12-19(22)14-25(13-18,16-24)23(29)27-21-9-7-17(15-26)8-10-21/h2-6,17-19,21-22H,7-16,26H2,1H3,(H,27,29)/t17-,18?,19?,21-,22?,24?,25?.